The summed E-state index contributed by atoms with van der Waals surface area (Å²) < 4.78 is 23.4. The first-order valence-electron chi connectivity index (χ1n) is 6.58. The predicted octanol–water partition coefficient (Wildman–Crippen LogP) is 2.56. The average Bonchev–Trinajstić information content (AvgIpc) is 2.34. The molecule has 1 saturated heterocycles. The van der Waals surface area contributed by atoms with Gasteiger partial charge < -0.3 is 4.90 Å². The van der Waals surface area contributed by atoms with E-state index < -0.39 is 9.84 Å². The highest BCUT2D eigenvalue weighted by molar-refractivity contribution is 7.92. The summed E-state index contributed by atoms with van der Waals surface area (Å²) in [4.78, 5) is 2.23. The van der Waals surface area contributed by atoms with E-state index in [4.69, 9.17) is 11.6 Å². The van der Waals surface area contributed by atoms with Crippen molar-refractivity contribution in [3.8, 4) is 0 Å². The molecule has 2 rings (SSSR count). The molecule has 0 radical (unpaired) electrons. The molecular formula is C14H20ClNO2S. The highest BCUT2D eigenvalue weighted by Gasteiger charge is 2.29. The van der Waals surface area contributed by atoms with Gasteiger partial charge in [0, 0.05) is 24.7 Å². The molecule has 1 aliphatic heterocycles. The van der Waals surface area contributed by atoms with E-state index in [-0.39, 0.29) is 11.0 Å². The van der Waals surface area contributed by atoms with E-state index in [0.717, 1.165) is 11.6 Å². The standard InChI is InChI=1S/C14H20ClNO2S/c1-11(13-4-3-5-14(15)8-13)9-16-6-7-19(17,18)12(2)10-16/h3-5,8,11-12H,6-7,9-10H2,1-2H3/t11-,12+/m1/s1. The van der Waals surface area contributed by atoms with Crippen molar-refractivity contribution in [3.63, 3.8) is 0 Å². The molecule has 1 aromatic carbocycles. The van der Waals surface area contributed by atoms with Crippen LogP contribution < -0.4 is 0 Å². The lowest BCUT2D eigenvalue weighted by atomic mass is 10.0. The Balaban J connectivity index is 1.99. The first-order valence-corrected chi connectivity index (χ1v) is 8.67. The summed E-state index contributed by atoms with van der Waals surface area (Å²) in [5.74, 6) is 0.628. The van der Waals surface area contributed by atoms with Crippen molar-refractivity contribution in [1.29, 1.82) is 0 Å². The third kappa shape index (κ3) is 3.71. The quantitative estimate of drug-likeness (QED) is 0.861. The Morgan fingerprint density at radius 2 is 2.21 bits per heavy atom. The van der Waals surface area contributed by atoms with Crippen LogP contribution in [0.15, 0.2) is 24.3 Å². The van der Waals surface area contributed by atoms with Crippen LogP contribution in [0.4, 0.5) is 0 Å². The third-order valence-corrected chi connectivity index (χ3v) is 6.13. The maximum Gasteiger partial charge on any atom is 0.155 e. The predicted molar refractivity (Wildman–Crippen MR) is 79.6 cm³/mol. The molecule has 1 aliphatic rings. The molecule has 0 amide bonds. The normalized spacial score (nSPS) is 25.1. The molecule has 3 nitrogen and oxygen atoms in total. The smallest absolute Gasteiger partial charge is 0.155 e. The van der Waals surface area contributed by atoms with Crippen molar-refractivity contribution in [2.45, 2.75) is 25.0 Å². The molecule has 1 fully saturated rings. The fourth-order valence-corrected chi connectivity index (χ4v) is 4.05. The van der Waals surface area contributed by atoms with Crippen LogP contribution in [0.2, 0.25) is 5.02 Å². The average molecular weight is 302 g/mol. The van der Waals surface area contributed by atoms with Crippen molar-refractivity contribution >= 4 is 21.4 Å². The number of halogens is 1. The van der Waals surface area contributed by atoms with E-state index in [2.05, 4.69) is 17.9 Å². The molecule has 0 aliphatic carbocycles. The van der Waals surface area contributed by atoms with E-state index in [1.165, 1.54) is 5.56 Å². The lowest BCUT2D eigenvalue weighted by Crippen LogP contribution is -2.46. The Labute approximate surface area is 120 Å². The number of benzene rings is 1. The molecule has 19 heavy (non-hydrogen) atoms. The number of rotatable bonds is 3. The second-order valence-electron chi connectivity index (χ2n) is 5.39. The van der Waals surface area contributed by atoms with Gasteiger partial charge in [-0.15, -0.1) is 0 Å². The maximum absolute atomic E-state index is 11.7. The number of sulfone groups is 1. The molecule has 106 valence electrons. The Hall–Kier alpha value is -0.580. The zero-order chi connectivity index (χ0) is 14.0. The van der Waals surface area contributed by atoms with Crippen molar-refractivity contribution in [1.82, 2.24) is 4.90 Å². The minimum Gasteiger partial charge on any atom is -0.300 e. The van der Waals surface area contributed by atoms with E-state index >= 15 is 0 Å². The molecule has 1 aromatic rings. The topological polar surface area (TPSA) is 37.4 Å². The van der Waals surface area contributed by atoms with E-state index in [9.17, 15) is 8.42 Å². The molecule has 5 heteroatoms. The van der Waals surface area contributed by atoms with Gasteiger partial charge in [-0.1, -0.05) is 30.7 Å². The van der Waals surface area contributed by atoms with Crippen molar-refractivity contribution < 1.29 is 8.42 Å². The lowest BCUT2D eigenvalue weighted by Gasteiger charge is -2.32. The fraction of sp³-hybridized carbons (Fsp3) is 0.571. The van der Waals surface area contributed by atoms with Crippen LogP contribution in [-0.2, 0) is 9.84 Å². The molecule has 1 heterocycles. The highest BCUT2D eigenvalue weighted by atomic mass is 35.5. The summed E-state index contributed by atoms with van der Waals surface area (Å²) in [7, 11) is -2.86. The van der Waals surface area contributed by atoms with Gasteiger partial charge in [-0.3, -0.25) is 0 Å². The van der Waals surface area contributed by atoms with Crippen molar-refractivity contribution in [2.24, 2.45) is 0 Å². The van der Waals surface area contributed by atoms with E-state index in [1.54, 1.807) is 6.92 Å². The number of nitrogens with zero attached hydrogens (tertiary/aromatic N) is 1. The zero-order valence-corrected chi connectivity index (χ0v) is 12.9. The van der Waals surface area contributed by atoms with Gasteiger partial charge in [-0.05, 0) is 30.5 Å². The van der Waals surface area contributed by atoms with E-state index in [0.29, 0.717) is 19.0 Å². The zero-order valence-electron chi connectivity index (χ0n) is 11.3. The molecule has 0 N–H and O–H groups in total. The Kier molecular flexibility index (Phi) is 4.54. The molecule has 0 aromatic heterocycles. The second kappa shape index (κ2) is 5.81. The fourth-order valence-electron chi connectivity index (χ4n) is 2.50. The van der Waals surface area contributed by atoms with Crippen molar-refractivity contribution in [2.75, 3.05) is 25.4 Å². The first-order chi connectivity index (χ1) is 8.88. The van der Waals surface area contributed by atoms with Gasteiger partial charge in [0.05, 0.1) is 11.0 Å². The Bertz CT molecular complexity index is 544. The molecule has 0 bridgehead atoms. The van der Waals surface area contributed by atoms with Crippen LogP contribution in [-0.4, -0.2) is 44.0 Å². The van der Waals surface area contributed by atoms with Crippen LogP contribution in [0.1, 0.15) is 25.3 Å². The van der Waals surface area contributed by atoms with Crippen LogP contribution in [0, 0.1) is 0 Å². The summed E-state index contributed by atoms with van der Waals surface area (Å²) in [5, 5.41) is 0.492. The summed E-state index contributed by atoms with van der Waals surface area (Å²) in [6.45, 7) is 6.09. The van der Waals surface area contributed by atoms with Crippen LogP contribution in [0.5, 0.6) is 0 Å². The SMILES string of the molecule is C[C@H](CN1CCS(=O)(=O)[C@@H](C)C1)c1cccc(Cl)c1. The van der Waals surface area contributed by atoms with Gasteiger partial charge in [-0.25, -0.2) is 8.42 Å². The minimum atomic E-state index is -2.86. The summed E-state index contributed by atoms with van der Waals surface area (Å²) in [6, 6.07) is 7.88. The summed E-state index contributed by atoms with van der Waals surface area (Å²) in [5.41, 5.74) is 1.20. The third-order valence-electron chi connectivity index (χ3n) is 3.77. The summed E-state index contributed by atoms with van der Waals surface area (Å²) in [6.07, 6.45) is 0. The van der Waals surface area contributed by atoms with Crippen LogP contribution in [0.25, 0.3) is 0 Å². The van der Waals surface area contributed by atoms with Crippen LogP contribution >= 0.6 is 11.6 Å². The monoisotopic (exact) mass is 301 g/mol. The van der Waals surface area contributed by atoms with Gasteiger partial charge in [0.15, 0.2) is 9.84 Å². The largest absolute Gasteiger partial charge is 0.300 e. The molecule has 0 saturated carbocycles. The summed E-state index contributed by atoms with van der Waals surface area (Å²) >= 11 is 6.00. The van der Waals surface area contributed by atoms with Gasteiger partial charge in [0.25, 0.3) is 0 Å². The molecule has 2 atom stereocenters. The number of hydrogen-bond donors (Lipinski definition) is 0. The molecular weight excluding hydrogens is 282 g/mol. The molecule has 0 spiro atoms. The van der Waals surface area contributed by atoms with Gasteiger partial charge in [-0.2, -0.15) is 0 Å². The Morgan fingerprint density at radius 3 is 2.84 bits per heavy atom. The van der Waals surface area contributed by atoms with Gasteiger partial charge in [0.1, 0.15) is 0 Å². The molecule has 0 unspecified atom stereocenters. The minimum absolute atomic E-state index is 0.257. The van der Waals surface area contributed by atoms with Crippen LogP contribution in [0.3, 0.4) is 0 Å². The Morgan fingerprint density at radius 1 is 1.47 bits per heavy atom. The first kappa shape index (κ1) is 14.8. The highest BCUT2D eigenvalue weighted by Crippen LogP contribution is 2.22. The second-order valence-corrected chi connectivity index (χ2v) is 8.37. The van der Waals surface area contributed by atoms with E-state index in [1.807, 2.05) is 18.2 Å². The van der Waals surface area contributed by atoms with Gasteiger partial charge in [0.2, 0.25) is 0 Å². The number of hydrogen-bond acceptors (Lipinski definition) is 3. The van der Waals surface area contributed by atoms with Crippen molar-refractivity contribution in [3.05, 3.63) is 34.9 Å². The van der Waals surface area contributed by atoms with Gasteiger partial charge >= 0.3 is 0 Å². The lowest BCUT2D eigenvalue weighted by molar-refractivity contribution is 0.265. The maximum atomic E-state index is 11.7.